The Bertz CT molecular complexity index is 436. The molecule has 1 fully saturated rings. The van der Waals surface area contributed by atoms with Crippen LogP contribution in [0.4, 0.5) is 13.6 Å². The molecule has 0 aliphatic heterocycles. The van der Waals surface area contributed by atoms with Crippen molar-refractivity contribution >= 4 is 6.03 Å². The second-order valence-electron chi connectivity index (χ2n) is 4.10. The van der Waals surface area contributed by atoms with E-state index in [0.717, 1.165) is 25.0 Å². The van der Waals surface area contributed by atoms with Gasteiger partial charge in [-0.15, -0.1) is 0 Å². The van der Waals surface area contributed by atoms with Crippen molar-refractivity contribution < 1.29 is 18.3 Å². The third-order valence-electron chi connectivity index (χ3n) is 2.45. The summed E-state index contributed by atoms with van der Waals surface area (Å²) in [7, 11) is 0. The monoisotopic (exact) mass is 256 g/mol. The molecule has 0 radical (unpaired) electrons. The zero-order valence-corrected chi connectivity index (χ0v) is 9.71. The normalized spacial score (nSPS) is 14.1. The number of amides is 2. The van der Waals surface area contributed by atoms with Crippen LogP contribution < -0.4 is 15.4 Å². The summed E-state index contributed by atoms with van der Waals surface area (Å²) in [5.74, 6) is -1.43. The Hall–Kier alpha value is -1.85. The molecule has 1 saturated carbocycles. The van der Waals surface area contributed by atoms with Crippen LogP contribution in [-0.2, 0) is 0 Å². The standard InChI is InChI=1S/C12H14F2N2O2/c13-8-1-4-11(10(14)7-8)18-6-5-15-12(17)16-9-2-3-9/h1,4,7,9H,2-3,5-6H2,(H2,15,16,17). The third kappa shape index (κ3) is 3.87. The molecule has 98 valence electrons. The molecule has 0 spiro atoms. The van der Waals surface area contributed by atoms with Gasteiger partial charge in [-0.05, 0) is 25.0 Å². The predicted molar refractivity (Wildman–Crippen MR) is 61.4 cm³/mol. The van der Waals surface area contributed by atoms with E-state index in [1.807, 2.05) is 0 Å². The summed E-state index contributed by atoms with van der Waals surface area (Å²) >= 11 is 0. The van der Waals surface area contributed by atoms with Crippen LogP contribution in [-0.4, -0.2) is 25.2 Å². The molecule has 4 nitrogen and oxygen atoms in total. The first-order valence-electron chi connectivity index (χ1n) is 5.77. The van der Waals surface area contributed by atoms with Gasteiger partial charge in [-0.2, -0.15) is 0 Å². The fourth-order valence-electron chi connectivity index (χ4n) is 1.38. The van der Waals surface area contributed by atoms with Crippen LogP contribution in [0.5, 0.6) is 5.75 Å². The van der Waals surface area contributed by atoms with Crippen molar-refractivity contribution in [3.63, 3.8) is 0 Å². The molecule has 0 unspecified atom stereocenters. The summed E-state index contributed by atoms with van der Waals surface area (Å²) in [6, 6.07) is 3.13. The number of ether oxygens (including phenoxy) is 1. The van der Waals surface area contributed by atoms with Crippen LogP contribution in [0.25, 0.3) is 0 Å². The highest BCUT2D eigenvalue weighted by molar-refractivity contribution is 5.74. The molecule has 1 aromatic carbocycles. The van der Waals surface area contributed by atoms with Gasteiger partial charge in [-0.1, -0.05) is 0 Å². The van der Waals surface area contributed by atoms with Gasteiger partial charge < -0.3 is 15.4 Å². The summed E-state index contributed by atoms with van der Waals surface area (Å²) in [6.45, 7) is 0.385. The van der Waals surface area contributed by atoms with Gasteiger partial charge in [0.15, 0.2) is 11.6 Å². The van der Waals surface area contributed by atoms with Crippen LogP contribution in [0.2, 0.25) is 0 Å². The minimum atomic E-state index is -0.752. The average molecular weight is 256 g/mol. The Labute approximate surface area is 103 Å². The maximum Gasteiger partial charge on any atom is 0.315 e. The van der Waals surface area contributed by atoms with E-state index in [4.69, 9.17) is 4.74 Å². The average Bonchev–Trinajstić information content (AvgIpc) is 3.10. The van der Waals surface area contributed by atoms with Gasteiger partial charge in [-0.25, -0.2) is 13.6 Å². The fraction of sp³-hybridized carbons (Fsp3) is 0.417. The van der Waals surface area contributed by atoms with Crippen molar-refractivity contribution in [1.29, 1.82) is 0 Å². The van der Waals surface area contributed by atoms with Crippen LogP contribution >= 0.6 is 0 Å². The lowest BCUT2D eigenvalue weighted by atomic mass is 10.3. The van der Waals surface area contributed by atoms with Crippen molar-refractivity contribution in [2.45, 2.75) is 18.9 Å². The predicted octanol–water partition coefficient (Wildman–Crippen LogP) is 1.81. The molecular formula is C12H14F2N2O2. The van der Waals surface area contributed by atoms with Gasteiger partial charge in [0.2, 0.25) is 0 Å². The fourth-order valence-corrected chi connectivity index (χ4v) is 1.38. The molecule has 18 heavy (non-hydrogen) atoms. The topological polar surface area (TPSA) is 50.4 Å². The van der Waals surface area contributed by atoms with Gasteiger partial charge in [-0.3, -0.25) is 0 Å². The van der Waals surface area contributed by atoms with Gasteiger partial charge in [0.25, 0.3) is 0 Å². The van der Waals surface area contributed by atoms with Crippen LogP contribution in [0, 0.1) is 11.6 Å². The van der Waals surface area contributed by atoms with E-state index in [0.29, 0.717) is 6.04 Å². The summed E-state index contributed by atoms with van der Waals surface area (Å²) in [5, 5.41) is 5.33. The molecule has 0 aromatic heterocycles. The quantitative estimate of drug-likeness (QED) is 0.789. The first-order valence-corrected chi connectivity index (χ1v) is 5.77. The minimum Gasteiger partial charge on any atom is -0.489 e. The highest BCUT2D eigenvalue weighted by Gasteiger charge is 2.22. The number of urea groups is 1. The first kappa shape index (κ1) is 12.6. The van der Waals surface area contributed by atoms with Crippen molar-refractivity contribution in [2.75, 3.05) is 13.2 Å². The molecule has 0 saturated heterocycles. The maximum absolute atomic E-state index is 13.2. The van der Waals surface area contributed by atoms with Gasteiger partial charge >= 0.3 is 6.03 Å². The molecule has 0 bridgehead atoms. The smallest absolute Gasteiger partial charge is 0.315 e. The van der Waals surface area contributed by atoms with E-state index in [1.54, 1.807) is 0 Å². The first-order chi connectivity index (χ1) is 8.65. The molecule has 2 amide bonds. The van der Waals surface area contributed by atoms with E-state index in [-0.39, 0.29) is 24.9 Å². The van der Waals surface area contributed by atoms with E-state index >= 15 is 0 Å². The van der Waals surface area contributed by atoms with Crippen LogP contribution in [0.15, 0.2) is 18.2 Å². The van der Waals surface area contributed by atoms with E-state index in [1.165, 1.54) is 6.07 Å². The number of nitrogens with one attached hydrogen (secondary N) is 2. The molecule has 1 aromatic rings. The minimum absolute atomic E-state index is 0.0270. The number of carbonyl (C=O) groups is 1. The van der Waals surface area contributed by atoms with E-state index in [2.05, 4.69) is 10.6 Å². The summed E-state index contributed by atoms with van der Waals surface area (Å²) in [4.78, 5) is 11.2. The SMILES string of the molecule is O=C(NCCOc1ccc(F)cc1F)NC1CC1. The Morgan fingerprint density at radius 2 is 2.17 bits per heavy atom. The third-order valence-corrected chi connectivity index (χ3v) is 2.45. The summed E-state index contributed by atoms with van der Waals surface area (Å²) < 4.78 is 30.8. The van der Waals surface area contributed by atoms with Crippen LogP contribution in [0.1, 0.15) is 12.8 Å². The van der Waals surface area contributed by atoms with Gasteiger partial charge in [0.1, 0.15) is 12.4 Å². The van der Waals surface area contributed by atoms with Crippen molar-refractivity contribution in [3.05, 3.63) is 29.8 Å². The molecule has 0 heterocycles. The van der Waals surface area contributed by atoms with Crippen molar-refractivity contribution in [2.24, 2.45) is 0 Å². The number of hydrogen-bond acceptors (Lipinski definition) is 2. The van der Waals surface area contributed by atoms with Crippen molar-refractivity contribution in [3.8, 4) is 5.75 Å². The Morgan fingerprint density at radius 1 is 1.39 bits per heavy atom. The van der Waals surface area contributed by atoms with E-state index < -0.39 is 11.6 Å². The number of rotatable bonds is 5. The molecule has 2 rings (SSSR count). The summed E-state index contributed by atoms with van der Waals surface area (Å²) in [6.07, 6.45) is 2.04. The molecule has 1 aliphatic rings. The second kappa shape index (κ2) is 5.66. The number of benzene rings is 1. The van der Waals surface area contributed by atoms with E-state index in [9.17, 15) is 13.6 Å². The van der Waals surface area contributed by atoms with Crippen LogP contribution in [0.3, 0.4) is 0 Å². The van der Waals surface area contributed by atoms with Gasteiger partial charge in [0.05, 0.1) is 6.54 Å². The Morgan fingerprint density at radius 3 is 2.83 bits per heavy atom. The van der Waals surface area contributed by atoms with Crippen molar-refractivity contribution in [1.82, 2.24) is 10.6 Å². The lowest BCUT2D eigenvalue weighted by molar-refractivity contribution is 0.235. The largest absolute Gasteiger partial charge is 0.489 e. The van der Waals surface area contributed by atoms with Gasteiger partial charge in [0, 0.05) is 12.1 Å². The lowest BCUT2D eigenvalue weighted by Crippen LogP contribution is -2.38. The molecule has 6 heteroatoms. The molecular weight excluding hydrogens is 242 g/mol. The number of hydrogen-bond donors (Lipinski definition) is 2. The highest BCUT2D eigenvalue weighted by Crippen LogP contribution is 2.18. The second-order valence-corrected chi connectivity index (χ2v) is 4.10. The Kier molecular flexibility index (Phi) is 3.96. The molecule has 0 atom stereocenters. The molecule has 1 aliphatic carbocycles. The zero-order chi connectivity index (χ0) is 13.0. The number of halogens is 2. The summed E-state index contributed by atoms with van der Waals surface area (Å²) in [5.41, 5.74) is 0. The highest BCUT2D eigenvalue weighted by atomic mass is 19.1. The zero-order valence-electron chi connectivity index (χ0n) is 9.71. The lowest BCUT2D eigenvalue weighted by Gasteiger charge is -2.09. The number of carbonyl (C=O) groups excluding carboxylic acids is 1. The maximum atomic E-state index is 13.2. The molecule has 2 N–H and O–H groups in total. The Balaban J connectivity index is 1.66.